The molecule has 1 aliphatic heterocycles. The Balaban J connectivity index is 2.08. The molecule has 1 aromatic heterocycles. The van der Waals surface area contributed by atoms with Gasteiger partial charge in [0.15, 0.2) is 0 Å². The predicted molar refractivity (Wildman–Crippen MR) is 94.8 cm³/mol. The summed E-state index contributed by atoms with van der Waals surface area (Å²) in [5.74, 6) is 0.421. The van der Waals surface area contributed by atoms with Crippen LogP contribution in [0.25, 0.3) is 0 Å². The van der Waals surface area contributed by atoms with E-state index in [0.717, 1.165) is 44.3 Å². The van der Waals surface area contributed by atoms with Gasteiger partial charge in [-0.1, -0.05) is 33.3 Å². The van der Waals surface area contributed by atoms with Gasteiger partial charge in [-0.2, -0.15) is 0 Å². The summed E-state index contributed by atoms with van der Waals surface area (Å²) in [7, 11) is 0. The average molecular weight is 332 g/mol. The fourth-order valence-electron chi connectivity index (χ4n) is 2.88. The number of nitrogens with one attached hydrogen (secondary N) is 2. The molecular formula is C18H28N4O2. The van der Waals surface area contributed by atoms with Crippen LogP contribution in [0.5, 0.6) is 0 Å². The van der Waals surface area contributed by atoms with Gasteiger partial charge in [0, 0.05) is 19.3 Å². The van der Waals surface area contributed by atoms with Crippen LogP contribution in [0, 0.1) is 5.92 Å². The van der Waals surface area contributed by atoms with Gasteiger partial charge >= 0.3 is 6.03 Å². The summed E-state index contributed by atoms with van der Waals surface area (Å²) in [5.41, 5.74) is 0.986. The molecule has 1 fully saturated rings. The first-order valence-electron chi connectivity index (χ1n) is 8.87. The minimum absolute atomic E-state index is 0.0466. The Hall–Kier alpha value is -2.11. The van der Waals surface area contributed by atoms with Crippen molar-refractivity contribution < 1.29 is 9.59 Å². The minimum atomic E-state index is -0.560. The van der Waals surface area contributed by atoms with Gasteiger partial charge in [-0.15, -0.1) is 0 Å². The Morgan fingerprint density at radius 3 is 2.62 bits per heavy atom. The molecule has 0 saturated carbocycles. The Bertz CT molecular complexity index is 570. The van der Waals surface area contributed by atoms with Crippen molar-refractivity contribution in [3.8, 4) is 0 Å². The van der Waals surface area contributed by atoms with Gasteiger partial charge in [0.2, 0.25) is 5.91 Å². The van der Waals surface area contributed by atoms with E-state index in [1.165, 1.54) is 0 Å². The Labute approximate surface area is 144 Å². The van der Waals surface area contributed by atoms with Crippen LogP contribution >= 0.6 is 0 Å². The zero-order chi connectivity index (χ0) is 17.5. The van der Waals surface area contributed by atoms with Crippen LogP contribution in [0.1, 0.15) is 45.6 Å². The van der Waals surface area contributed by atoms with Gasteiger partial charge in [0.05, 0.1) is 0 Å². The van der Waals surface area contributed by atoms with Crippen molar-refractivity contribution in [2.75, 3.05) is 18.4 Å². The second-order valence-corrected chi connectivity index (χ2v) is 6.36. The summed E-state index contributed by atoms with van der Waals surface area (Å²) < 4.78 is 0. The predicted octanol–water partition coefficient (Wildman–Crippen LogP) is 2.80. The molecule has 1 aliphatic rings. The maximum Gasteiger partial charge on any atom is 0.318 e. The first kappa shape index (κ1) is 18.2. The van der Waals surface area contributed by atoms with E-state index in [9.17, 15) is 9.59 Å². The lowest BCUT2D eigenvalue weighted by atomic mass is 9.98. The molecule has 24 heavy (non-hydrogen) atoms. The number of pyridine rings is 1. The van der Waals surface area contributed by atoms with Crippen LogP contribution in [0.4, 0.5) is 10.6 Å². The number of carbonyl (C=O) groups is 2. The lowest BCUT2D eigenvalue weighted by molar-refractivity contribution is -0.119. The molecule has 2 rings (SSSR count). The van der Waals surface area contributed by atoms with Crippen LogP contribution in [0.15, 0.2) is 18.3 Å². The van der Waals surface area contributed by atoms with Gasteiger partial charge in [0.25, 0.3) is 0 Å². The lowest BCUT2D eigenvalue weighted by Crippen LogP contribution is -2.51. The second kappa shape index (κ2) is 8.66. The molecule has 6 nitrogen and oxygen atoms in total. The van der Waals surface area contributed by atoms with Crippen molar-refractivity contribution in [2.24, 2.45) is 5.92 Å². The summed E-state index contributed by atoms with van der Waals surface area (Å²) in [6.07, 6.45) is 5.32. The van der Waals surface area contributed by atoms with Crippen molar-refractivity contribution in [2.45, 2.75) is 52.5 Å². The number of hydrogen-bond donors (Lipinski definition) is 2. The molecule has 0 radical (unpaired) electrons. The van der Waals surface area contributed by atoms with Gasteiger partial charge in [0.1, 0.15) is 11.9 Å². The first-order chi connectivity index (χ1) is 11.6. The highest BCUT2D eigenvalue weighted by Gasteiger charge is 2.29. The molecule has 0 aliphatic carbocycles. The third-order valence-electron chi connectivity index (χ3n) is 4.68. The van der Waals surface area contributed by atoms with E-state index in [1.54, 1.807) is 11.1 Å². The number of nitrogens with zero attached hydrogens (tertiary/aromatic N) is 2. The highest BCUT2D eigenvalue weighted by molar-refractivity contribution is 5.97. The van der Waals surface area contributed by atoms with Crippen molar-refractivity contribution in [1.82, 2.24) is 15.2 Å². The number of carbonyl (C=O) groups excluding carboxylic acids is 2. The van der Waals surface area contributed by atoms with Gasteiger partial charge in [-0.25, -0.2) is 9.78 Å². The smallest absolute Gasteiger partial charge is 0.318 e. The molecule has 3 amide bonds. The Kier molecular flexibility index (Phi) is 6.58. The van der Waals surface area contributed by atoms with Crippen LogP contribution in [0.3, 0.4) is 0 Å². The summed E-state index contributed by atoms with van der Waals surface area (Å²) in [5, 5.41) is 5.80. The maximum absolute atomic E-state index is 12.7. The van der Waals surface area contributed by atoms with Crippen molar-refractivity contribution in [3.05, 3.63) is 23.9 Å². The van der Waals surface area contributed by atoms with Crippen LogP contribution in [-0.4, -0.2) is 41.0 Å². The van der Waals surface area contributed by atoms with E-state index in [0.29, 0.717) is 5.82 Å². The molecule has 1 saturated heterocycles. The molecule has 2 N–H and O–H groups in total. The summed E-state index contributed by atoms with van der Waals surface area (Å²) in [6.45, 7) is 7.55. The normalized spacial score (nSPS) is 16.5. The lowest BCUT2D eigenvalue weighted by Gasteiger charge is -2.26. The molecule has 1 aromatic rings. The summed E-state index contributed by atoms with van der Waals surface area (Å²) in [6, 6.07) is 3.10. The third-order valence-corrected chi connectivity index (χ3v) is 4.68. The minimum Gasteiger partial charge on any atom is -0.326 e. The van der Waals surface area contributed by atoms with Gasteiger partial charge in [-0.3, -0.25) is 4.79 Å². The Morgan fingerprint density at radius 1 is 1.29 bits per heavy atom. The van der Waals surface area contributed by atoms with E-state index < -0.39 is 6.04 Å². The molecule has 132 valence electrons. The monoisotopic (exact) mass is 332 g/mol. The van der Waals surface area contributed by atoms with E-state index in [2.05, 4.69) is 15.6 Å². The third kappa shape index (κ3) is 4.46. The summed E-state index contributed by atoms with van der Waals surface area (Å²) in [4.78, 5) is 31.2. The number of likely N-dealkylation sites (tertiary alicyclic amines) is 1. The van der Waals surface area contributed by atoms with E-state index in [4.69, 9.17) is 0 Å². The number of amides is 3. The van der Waals surface area contributed by atoms with E-state index >= 15 is 0 Å². The molecular weight excluding hydrogens is 304 g/mol. The van der Waals surface area contributed by atoms with Crippen molar-refractivity contribution >= 4 is 17.8 Å². The van der Waals surface area contributed by atoms with Crippen molar-refractivity contribution in [1.29, 1.82) is 0 Å². The van der Waals surface area contributed by atoms with Crippen LogP contribution in [0.2, 0.25) is 0 Å². The highest BCUT2D eigenvalue weighted by atomic mass is 16.2. The molecule has 2 heterocycles. The number of aryl methyl sites for hydroxylation is 1. The van der Waals surface area contributed by atoms with E-state index in [-0.39, 0.29) is 17.9 Å². The van der Waals surface area contributed by atoms with Gasteiger partial charge in [-0.05, 0) is 36.8 Å². The zero-order valence-corrected chi connectivity index (χ0v) is 14.8. The molecule has 2 atom stereocenters. The average Bonchev–Trinajstić information content (AvgIpc) is 3.14. The number of anilines is 1. The van der Waals surface area contributed by atoms with Gasteiger partial charge < -0.3 is 15.5 Å². The zero-order valence-electron chi connectivity index (χ0n) is 14.8. The second-order valence-electron chi connectivity index (χ2n) is 6.36. The van der Waals surface area contributed by atoms with Crippen LogP contribution in [-0.2, 0) is 11.2 Å². The molecule has 0 aromatic carbocycles. The molecule has 1 unspecified atom stereocenters. The fraction of sp³-hybridized carbons (Fsp3) is 0.611. The molecule has 0 bridgehead atoms. The SMILES string of the molecule is CCc1cccnc1NC(=O)[C@@H](NC(=O)N1CCCC1)C(C)CC. The first-order valence-corrected chi connectivity index (χ1v) is 8.87. The standard InChI is InChI=1S/C18H28N4O2/c1-4-13(3)15(20-18(24)22-11-6-7-12-22)17(23)21-16-14(5-2)9-8-10-19-16/h8-10,13,15H,4-7,11-12H2,1-3H3,(H,20,24)(H,19,21,23)/t13?,15-/m0/s1. The topological polar surface area (TPSA) is 74.3 Å². The summed E-state index contributed by atoms with van der Waals surface area (Å²) >= 11 is 0. The van der Waals surface area contributed by atoms with E-state index in [1.807, 2.05) is 32.9 Å². The van der Waals surface area contributed by atoms with Crippen LogP contribution < -0.4 is 10.6 Å². The number of aromatic nitrogens is 1. The highest BCUT2D eigenvalue weighted by Crippen LogP contribution is 2.16. The maximum atomic E-state index is 12.7. The Morgan fingerprint density at radius 2 is 2.00 bits per heavy atom. The fourth-order valence-corrected chi connectivity index (χ4v) is 2.88. The number of urea groups is 1. The molecule has 6 heteroatoms. The number of hydrogen-bond acceptors (Lipinski definition) is 3. The quantitative estimate of drug-likeness (QED) is 0.841. The largest absolute Gasteiger partial charge is 0.326 e. The number of rotatable bonds is 6. The molecule has 0 spiro atoms. The van der Waals surface area contributed by atoms with Crippen molar-refractivity contribution in [3.63, 3.8) is 0 Å².